The molecular weight excluding hydrogens is 305 g/mol. The number of hydrogen-bond donors (Lipinski definition) is 0. The molecule has 0 spiro atoms. The zero-order valence-electron chi connectivity index (χ0n) is 11.9. The van der Waals surface area contributed by atoms with Crippen LogP contribution in [-0.4, -0.2) is 27.1 Å². The van der Waals surface area contributed by atoms with E-state index in [4.69, 9.17) is 11.6 Å². The van der Waals surface area contributed by atoms with E-state index < -0.39 is 5.82 Å². The first-order valence-electron chi connectivity index (χ1n) is 7.43. The van der Waals surface area contributed by atoms with E-state index in [0.717, 1.165) is 11.4 Å². The van der Waals surface area contributed by atoms with Crippen LogP contribution >= 0.6 is 11.6 Å². The molecule has 0 bridgehead atoms. The van der Waals surface area contributed by atoms with Crippen LogP contribution < -0.4 is 0 Å². The largest absolute Gasteiger partial charge is 0.331 e. The first kappa shape index (κ1) is 13.8. The third-order valence-corrected chi connectivity index (χ3v) is 4.59. The molecule has 1 aliphatic carbocycles. The van der Waals surface area contributed by atoms with Crippen molar-refractivity contribution in [1.82, 2.24) is 14.7 Å². The summed E-state index contributed by atoms with van der Waals surface area (Å²) < 4.78 is 15.9. The Morgan fingerprint density at radius 3 is 2.86 bits per heavy atom. The molecule has 2 aromatic rings. The van der Waals surface area contributed by atoms with Gasteiger partial charge in [0.05, 0.1) is 35.1 Å². The Labute approximate surface area is 132 Å². The summed E-state index contributed by atoms with van der Waals surface area (Å²) in [5.41, 5.74) is 2.08. The van der Waals surface area contributed by atoms with Crippen LogP contribution in [0.4, 0.5) is 4.39 Å². The van der Waals surface area contributed by atoms with Crippen molar-refractivity contribution in [1.29, 1.82) is 0 Å². The zero-order valence-corrected chi connectivity index (χ0v) is 12.7. The van der Waals surface area contributed by atoms with E-state index in [0.29, 0.717) is 25.6 Å². The van der Waals surface area contributed by atoms with Crippen molar-refractivity contribution < 1.29 is 9.18 Å². The van der Waals surface area contributed by atoms with Gasteiger partial charge in [0.25, 0.3) is 5.91 Å². The zero-order chi connectivity index (χ0) is 15.3. The predicted octanol–water partition coefficient (Wildman–Crippen LogP) is 3.21. The first-order chi connectivity index (χ1) is 10.6. The fraction of sp³-hybridized carbons (Fsp3) is 0.375. The lowest BCUT2D eigenvalue weighted by molar-refractivity contribution is 0.0701. The quantitative estimate of drug-likeness (QED) is 0.852. The van der Waals surface area contributed by atoms with Crippen LogP contribution in [-0.2, 0) is 13.1 Å². The second-order valence-corrected chi connectivity index (χ2v) is 6.29. The number of aromatic nitrogens is 2. The second-order valence-electron chi connectivity index (χ2n) is 5.88. The fourth-order valence-corrected chi connectivity index (χ4v) is 3.14. The van der Waals surface area contributed by atoms with Gasteiger partial charge in [0.2, 0.25) is 0 Å². The number of carbonyl (C=O) groups is 1. The van der Waals surface area contributed by atoms with Gasteiger partial charge in [0, 0.05) is 12.5 Å². The molecule has 1 aliphatic heterocycles. The second kappa shape index (κ2) is 5.09. The summed E-state index contributed by atoms with van der Waals surface area (Å²) >= 11 is 5.99. The van der Waals surface area contributed by atoms with E-state index in [1.165, 1.54) is 31.0 Å². The average molecular weight is 320 g/mol. The van der Waals surface area contributed by atoms with E-state index in [2.05, 4.69) is 11.2 Å². The van der Waals surface area contributed by atoms with E-state index in [1.54, 1.807) is 4.90 Å². The Kier molecular flexibility index (Phi) is 3.18. The molecule has 0 unspecified atom stereocenters. The minimum Gasteiger partial charge on any atom is -0.331 e. The van der Waals surface area contributed by atoms with Gasteiger partial charge in [-0.25, -0.2) is 4.39 Å². The molecule has 1 aromatic carbocycles. The molecule has 2 heterocycles. The summed E-state index contributed by atoms with van der Waals surface area (Å²) in [6, 6.07) is 6.37. The van der Waals surface area contributed by atoms with Crippen molar-refractivity contribution in [2.45, 2.75) is 31.8 Å². The van der Waals surface area contributed by atoms with Gasteiger partial charge in [-0.05, 0) is 31.0 Å². The fourth-order valence-electron chi connectivity index (χ4n) is 2.90. The summed E-state index contributed by atoms with van der Waals surface area (Å²) in [7, 11) is 0. The standard InChI is InChI=1S/C16H15ClFN3O/c17-12-2-1-3-13(18)15(12)16(22)20-6-7-21-11(9-20)8-14(19-21)10-4-5-10/h1-3,8,10H,4-7,9H2. The molecule has 0 radical (unpaired) electrons. The van der Waals surface area contributed by atoms with Crippen molar-refractivity contribution >= 4 is 17.5 Å². The normalized spacial score (nSPS) is 17.5. The Morgan fingerprint density at radius 1 is 1.32 bits per heavy atom. The van der Waals surface area contributed by atoms with Crippen molar-refractivity contribution in [3.05, 3.63) is 52.1 Å². The average Bonchev–Trinajstić information content (AvgIpc) is 3.26. The molecule has 1 aromatic heterocycles. The lowest BCUT2D eigenvalue weighted by Gasteiger charge is -2.28. The topological polar surface area (TPSA) is 38.1 Å². The van der Waals surface area contributed by atoms with E-state index in [-0.39, 0.29) is 16.5 Å². The number of carbonyl (C=O) groups excluding carboxylic acids is 1. The molecule has 2 aliphatic rings. The number of rotatable bonds is 2. The molecule has 1 amide bonds. The van der Waals surface area contributed by atoms with Crippen molar-refractivity contribution in [3.63, 3.8) is 0 Å². The van der Waals surface area contributed by atoms with Gasteiger partial charge in [-0.15, -0.1) is 0 Å². The van der Waals surface area contributed by atoms with Gasteiger partial charge in [0.15, 0.2) is 0 Å². The highest BCUT2D eigenvalue weighted by molar-refractivity contribution is 6.33. The number of amides is 1. The third kappa shape index (κ3) is 2.29. The maximum absolute atomic E-state index is 13.9. The molecule has 0 N–H and O–H groups in total. The van der Waals surface area contributed by atoms with E-state index >= 15 is 0 Å². The highest BCUT2D eigenvalue weighted by Crippen LogP contribution is 2.39. The van der Waals surface area contributed by atoms with Gasteiger partial charge >= 0.3 is 0 Å². The summed E-state index contributed by atoms with van der Waals surface area (Å²) in [5.74, 6) is -0.345. The Hall–Kier alpha value is -1.88. The minimum atomic E-state index is -0.574. The Bertz CT molecular complexity index is 734. The molecule has 1 saturated carbocycles. The SMILES string of the molecule is O=C(c1c(F)cccc1Cl)N1CCn2nc(C3CC3)cc2C1. The molecule has 0 saturated heterocycles. The summed E-state index contributed by atoms with van der Waals surface area (Å²) in [5, 5.41) is 4.75. The molecule has 6 heteroatoms. The third-order valence-electron chi connectivity index (χ3n) is 4.28. The van der Waals surface area contributed by atoms with Gasteiger partial charge < -0.3 is 4.90 Å². The van der Waals surface area contributed by atoms with E-state index in [1.807, 2.05) is 4.68 Å². The van der Waals surface area contributed by atoms with E-state index in [9.17, 15) is 9.18 Å². The molecule has 1 fully saturated rings. The number of hydrogen-bond acceptors (Lipinski definition) is 2. The molecule has 4 rings (SSSR count). The Balaban J connectivity index is 1.60. The molecule has 4 nitrogen and oxygen atoms in total. The Morgan fingerprint density at radius 2 is 2.14 bits per heavy atom. The lowest BCUT2D eigenvalue weighted by Crippen LogP contribution is -2.38. The van der Waals surface area contributed by atoms with Crippen LogP contribution in [0.3, 0.4) is 0 Å². The first-order valence-corrected chi connectivity index (χ1v) is 7.81. The summed E-state index contributed by atoms with van der Waals surface area (Å²) in [6.45, 7) is 1.60. The van der Waals surface area contributed by atoms with Gasteiger partial charge in [0.1, 0.15) is 5.82 Å². The molecule has 0 atom stereocenters. The van der Waals surface area contributed by atoms with Crippen LogP contribution in [0, 0.1) is 5.82 Å². The van der Waals surface area contributed by atoms with Gasteiger partial charge in [-0.1, -0.05) is 17.7 Å². The molecule has 114 valence electrons. The smallest absolute Gasteiger partial charge is 0.258 e. The van der Waals surface area contributed by atoms with Crippen molar-refractivity contribution in [3.8, 4) is 0 Å². The highest BCUT2D eigenvalue weighted by Gasteiger charge is 2.30. The number of benzene rings is 1. The predicted molar refractivity (Wildman–Crippen MR) is 80.4 cm³/mol. The van der Waals surface area contributed by atoms with Crippen molar-refractivity contribution in [2.75, 3.05) is 6.54 Å². The molecule has 22 heavy (non-hydrogen) atoms. The van der Waals surface area contributed by atoms with Gasteiger partial charge in [-0.2, -0.15) is 5.10 Å². The molecular formula is C16H15ClFN3O. The summed E-state index contributed by atoms with van der Waals surface area (Å²) in [6.07, 6.45) is 2.40. The van der Waals surface area contributed by atoms with Crippen LogP contribution in [0.15, 0.2) is 24.3 Å². The monoisotopic (exact) mass is 319 g/mol. The summed E-state index contributed by atoms with van der Waals surface area (Å²) in [4.78, 5) is 14.2. The number of fused-ring (bicyclic) bond motifs is 1. The maximum atomic E-state index is 13.9. The van der Waals surface area contributed by atoms with Crippen LogP contribution in [0.25, 0.3) is 0 Å². The highest BCUT2D eigenvalue weighted by atomic mass is 35.5. The minimum absolute atomic E-state index is 0.0421. The van der Waals surface area contributed by atoms with Crippen molar-refractivity contribution in [2.24, 2.45) is 0 Å². The lowest BCUT2D eigenvalue weighted by atomic mass is 10.1. The number of halogens is 2. The van der Waals surface area contributed by atoms with Crippen LogP contribution in [0.1, 0.15) is 40.5 Å². The number of nitrogens with zero attached hydrogens (tertiary/aromatic N) is 3. The van der Waals surface area contributed by atoms with Crippen LogP contribution in [0.5, 0.6) is 0 Å². The maximum Gasteiger partial charge on any atom is 0.258 e. The van der Waals surface area contributed by atoms with Crippen LogP contribution in [0.2, 0.25) is 5.02 Å². The van der Waals surface area contributed by atoms with Gasteiger partial charge in [-0.3, -0.25) is 9.48 Å².